The second-order valence-electron chi connectivity index (χ2n) is 5.19. The topological polar surface area (TPSA) is 54.4 Å². The maximum absolute atomic E-state index is 12.9. The number of carbonyl (C=O) groups excluding carboxylic acids is 2. The second kappa shape index (κ2) is 5.59. The molecule has 0 aromatic carbocycles. The predicted octanol–water partition coefficient (Wildman–Crippen LogP) is 3.51. The first kappa shape index (κ1) is 17.4. The van der Waals surface area contributed by atoms with E-state index in [2.05, 4.69) is 0 Å². The first-order chi connectivity index (χ1) is 8.28. The van der Waals surface area contributed by atoms with E-state index in [4.69, 9.17) is 0 Å². The number of allylic oxidation sites excluding steroid dienone is 4. The van der Waals surface area contributed by atoms with Gasteiger partial charge in [0.25, 0.3) is 0 Å². The first-order valence-electron chi connectivity index (χ1n) is 5.53. The summed E-state index contributed by atoms with van der Waals surface area (Å²) in [6.07, 6.45) is -4.53. The maximum Gasteiger partial charge on any atom is 0.417 e. The highest BCUT2D eigenvalue weighted by molar-refractivity contribution is 6.02. The average Bonchev–Trinajstić information content (AvgIpc) is 2.11. The highest BCUT2D eigenvalue weighted by Gasteiger charge is 2.40. The molecule has 0 bridgehead atoms. The van der Waals surface area contributed by atoms with Crippen LogP contribution >= 0.6 is 0 Å². The molecule has 0 fully saturated rings. The summed E-state index contributed by atoms with van der Waals surface area (Å²) in [6.45, 7) is 6.25. The van der Waals surface area contributed by atoms with E-state index in [0.29, 0.717) is 6.08 Å². The molecule has 0 unspecified atom stereocenters. The lowest BCUT2D eigenvalue weighted by atomic mass is 9.88. The molecule has 0 aromatic rings. The van der Waals surface area contributed by atoms with E-state index < -0.39 is 40.1 Å². The molecule has 0 aliphatic rings. The molecule has 1 N–H and O–H groups in total. The van der Waals surface area contributed by atoms with Gasteiger partial charge in [-0.2, -0.15) is 13.2 Å². The number of alkyl halides is 3. The zero-order valence-electron chi connectivity index (χ0n) is 11.5. The normalized spacial score (nSPS) is 15.1. The number of rotatable bonds is 3. The van der Waals surface area contributed by atoms with Gasteiger partial charge in [0.2, 0.25) is 0 Å². The van der Waals surface area contributed by atoms with Crippen molar-refractivity contribution >= 4 is 11.6 Å². The number of aliphatic hydroxyl groups excluding tert-OH is 1. The zero-order valence-corrected chi connectivity index (χ0v) is 11.5. The fourth-order valence-corrected chi connectivity index (χ4v) is 1.28. The summed E-state index contributed by atoms with van der Waals surface area (Å²) in [6, 6.07) is 0. The van der Waals surface area contributed by atoms with Crippen LogP contribution in [0, 0.1) is 5.41 Å². The lowest BCUT2D eigenvalue weighted by Gasteiger charge is -2.18. The highest BCUT2D eigenvalue weighted by Crippen LogP contribution is 2.34. The van der Waals surface area contributed by atoms with Gasteiger partial charge in [0.1, 0.15) is 5.76 Å². The van der Waals surface area contributed by atoms with Gasteiger partial charge in [-0.25, -0.2) is 0 Å². The van der Waals surface area contributed by atoms with Crippen LogP contribution in [0.1, 0.15) is 34.6 Å². The summed E-state index contributed by atoms with van der Waals surface area (Å²) < 4.78 is 38.8. The number of halogens is 3. The van der Waals surface area contributed by atoms with E-state index in [0.717, 1.165) is 13.8 Å². The number of carbonyl (C=O) groups is 2. The second-order valence-corrected chi connectivity index (χ2v) is 5.19. The number of hydrogen-bond donors (Lipinski definition) is 1. The Morgan fingerprint density at radius 2 is 1.47 bits per heavy atom. The Bertz CT molecular complexity index is 445. The minimum Gasteiger partial charge on any atom is -0.512 e. The summed E-state index contributed by atoms with van der Waals surface area (Å²) in [4.78, 5) is 22.9. The molecule has 0 saturated carbocycles. The van der Waals surface area contributed by atoms with Crippen molar-refractivity contribution in [1.82, 2.24) is 0 Å². The first-order valence-corrected chi connectivity index (χ1v) is 5.53. The molecule has 0 saturated heterocycles. The summed E-state index contributed by atoms with van der Waals surface area (Å²) in [7, 11) is 0. The monoisotopic (exact) mass is 278 g/mol. The molecule has 19 heavy (non-hydrogen) atoms. The molecule has 0 rings (SSSR count). The third kappa shape index (κ3) is 4.89. The SMILES string of the molecule is CC(=O)C(/C(=C/C(=O)C(C)(C)C)C(F)(F)F)=C(/C)O. The van der Waals surface area contributed by atoms with Crippen LogP contribution in [-0.4, -0.2) is 22.8 Å². The van der Waals surface area contributed by atoms with Crippen molar-refractivity contribution in [3.05, 3.63) is 23.0 Å². The lowest BCUT2D eigenvalue weighted by molar-refractivity contribution is -0.122. The summed E-state index contributed by atoms with van der Waals surface area (Å²) >= 11 is 0. The predicted molar refractivity (Wildman–Crippen MR) is 64.6 cm³/mol. The van der Waals surface area contributed by atoms with Crippen LogP contribution in [0.4, 0.5) is 13.2 Å². The van der Waals surface area contributed by atoms with Gasteiger partial charge >= 0.3 is 6.18 Å². The van der Waals surface area contributed by atoms with E-state index in [9.17, 15) is 27.9 Å². The van der Waals surface area contributed by atoms with Crippen LogP contribution in [-0.2, 0) is 9.59 Å². The number of aliphatic hydroxyl groups is 1. The van der Waals surface area contributed by atoms with Crippen molar-refractivity contribution in [2.24, 2.45) is 5.41 Å². The van der Waals surface area contributed by atoms with Gasteiger partial charge < -0.3 is 5.11 Å². The Balaban J connectivity index is 6.03. The minimum absolute atomic E-state index is 0.371. The van der Waals surface area contributed by atoms with Crippen LogP contribution < -0.4 is 0 Å². The van der Waals surface area contributed by atoms with Crippen LogP contribution in [0.2, 0.25) is 0 Å². The van der Waals surface area contributed by atoms with Gasteiger partial charge in [-0.3, -0.25) is 9.59 Å². The van der Waals surface area contributed by atoms with Crippen molar-refractivity contribution in [1.29, 1.82) is 0 Å². The third-order valence-corrected chi connectivity index (χ3v) is 2.30. The van der Waals surface area contributed by atoms with E-state index in [1.165, 1.54) is 20.8 Å². The van der Waals surface area contributed by atoms with Crippen LogP contribution in [0.3, 0.4) is 0 Å². The standard InChI is InChI=1S/C13H17F3O3/c1-7(17)11(8(2)18)9(13(14,15)16)6-10(19)12(3,4)5/h6,17H,1-5H3/b9-6-,11-7+. The molecule has 108 valence electrons. The van der Waals surface area contributed by atoms with E-state index in [1.807, 2.05) is 0 Å². The smallest absolute Gasteiger partial charge is 0.417 e. The highest BCUT2D eigenvalue weighted by atomic mass is 19.4. The molecule has 0 heterocycles. The Labute approximate surface area is 109 Å². The molecule has 0 radical (unpaired) electrons. The maximum atomic E-state index is 12.9. The van der Waals surface area contributed by atoms with Crippen molar-refractivity contribution in [3.8, 4) is 0 Å². The Morgan fingerprint density at radius 1 is 1.05 bits per heavy atom. The number of ketones is 2. The molecule has 0 atom stereocenters. The average molecular weight is 278 g/mol. The van der Waals surface area contributed by atoms with Crippen molar-refractivity contribution in [2.45, 2.75) is 40.8 Å². The molecule has 0 amide bonds. The largest absolute Gasteiger partial charge is 0.512 e. The molecule has 3 nitrogen and oxygen atoms in total. The lowest BCUT2D eigenvalue weighted by Crippen LogP contribution is -2.24. The van der Waals surface area contributed by atoms with E-state index >= 15 is 0 Å². The summed E-state index contributed by atoms with van der Waals surface area (Å²) in [5, 5.41) is 9.24. The fraction of sp³-hybridized carbons (Fsp3) is 0.538. The fourth-order valence-electron chi connectivity index (χ4n) is 1.28. The molecule has 6 heteroatoms. The van der Waals surface area contributed by atoms with Crippen LogP contribution in [0.15, 0.2) is 23.0 Å². The zero-order chi connectivity index (χ0) is 15.6. The van der Waals surface area contributed by atoms with Gasteiger partial charge in [-0.15, -0.1) is 0 Å². The van der Waals surface area contributed by atoms with Crippen LogP contribution in [0.25, 0.3) is 0 Å². The molecule has 0 aliphatic heterocycles. The molecule has 0 aliphatic carbocycles. The third-order valence-electron chi connectivity index (χ3n) is 2.30. The van der Waals surface area contributed by atoms with Crippen molar-refractivity contribution in [3.63, 3.8) is 0 Å². The Kier molecular flexibility index (Phi) is 5.12. The summed E-state index contributed by atoms with van der Waals surface area (Å²) in [5.74, 6) is -2.50. The number of hydrogen-bond acceptors (Lipinski definition) is 3. The molecule has 0 aromatic heterocycles. The van der Waals surface area contributed by atoms with Gasteiger partial charge in [-0.1, -0.05) is 20.8 Å². The quantitative estimate of drug-likeness (QED) is 0.488. The minimum atomic E-state index is -4.90. The molecule has 0 spiro atoms. The molecular weight excluding hydrogens is 261 g/mol. The van der Waals surface area contributed by atoms with Gasteiger partial charge in [-0.05, 0) is 19.9 Å². The van der Waals surface area contributed by atoms with E-state index in [-0.39, 0.29) is 0 Å². The van der Waals surface area contributed by atoms with Crippen molar-refractivity contribution < 1.29 is 27.9 Å². The van der Waals surface area contributed by atoms with Gasteiger partial charge in [0.15, 0.2) is 11.6 Å². The molecular formula is C13H17F3O3. The van der Waals surface area contributed by atoms with Gasteiger partial charge in [0.05, 0.1) is 11.1 Å². The number of Topliss-reactive ketones (excluding diaryl/α,β-unsaturated/α-hetero) is 1. The van der Waals surface area contributed by atoms with E-state index in [1.54, 1.807) is 0 Å². The Morgan fingerprint density at radius 3 is 1.68 bits per heavy atom. The van der Waals surface area contributed by atoms with Gasteiger partial charge in [0, 0.05) is 5.41 Å². The van der Waals surface area contributed by atoms with Crippen molar-refractivity contribution in [2.75, 3.05) is 0 Å². The Hall–Kier alpha value is -1.59. The summed E-state index contributed by atoms with van der Waals surface area (Å²) in [5.41, 5.74) is -3.31. The van der Waals surface area contributed by atoms with Crippen LogP contribution in [0.5, 0.6) is 0 Å².